The summed E-state index contributed by atoms with van der Waals surface area (Å²) < 4.78 is 6.16. The molecule has 0 radical (unpaired) electrons. The number of hydrogen-bond acceptors (Lipinski definition) is 2. The lowest BCUT2D eigenvalue weighted by atomic mass is 9.92. The fourth-order valence-corrected chi connectivity index (χ4v) is 3.82. The third-order valence-electron chi connectivity index (χ3n) is 4.66. The molecule has 2 aliphatic rings. The summed E-state index contributed by atoms with van der Waals surface area (Å²) in [5, 5.41) is 0. The number of benzene rings is 1. The van der Waals surface area contributed by atoms with Crippen LogP contribution in [0.15, 0.2) is 0 Å². The van der Waals surface area contributed by atoms with Gasteiger partial charge in [-0.1, -0.05) is 0 Å². The van der Waals surface area contributed by atoms with E-state index in [1.54, 1.807) is 6.92 Å². The van der Waals surface area contributed by atoms with E-state index < -0.39 is 0 Å². The monoisotopic (exact) mass is 273 g/mol. The van der Waals surface area contributed by atoms with E-state index >= 15 is 0 Å². The number of nitrogens with zero attached hydrogens (tertiary/aromatic N) is 1. The Balaban J connectivity index is 2.25. The minimum atomic E-state index is -0.139. The third-order valence-corrected chi connectivity index (χ3v) is 4.66. The first kappa shape index (κ1) is 13.5. The first-order valence-electron chi connectivity index (χ1n) is 7.36. The van der Waals surface area contributed by atoms with Gasteiger partial charge in [0.1, 0.15) is 11.4 Å². The number of amides is 1. The van der Waals surface area contributed by atoms with E-state index in [-0.39, 0.29) is 17.6 Å². The molecule has 1 amide bonds. The molecule has 1 unspecified atom stereocenters. The summed E-state index contributed by atoms with van der Waals surface area (Å²) in [5.41, 5.74) is 6.03. The van der Waals surface area contributed by atoms with Crippen LogP contribution >= 0.6 is 0 Å². The number of carbonyl (C=O) groups is 1. The van der Waals surface area contributed by atoms with Gasteiger partial charge in [0, 0.05) is 24.9 Å². The molecule has 0 spiro atoms. The molecule has 0 N–H and O–H groups in total. The molecule has 2 aliphatic heterocycles. The highest BCUT2D eigenvalue weighted by Crippen LogP contribution is 2.48. The van der Waals surface area contributed by atoms with Crippen LogP contribution < -0.4 is 9.64 Å². The van der Waals surface area contributed by atoms with Crippen molar-refractivity contribution >= 4 is 11.6 Å². The second-order valence-electron chi connectivity index (χ2n) is 6.87. The second kappa shape index (κ2) is 4.00. The van der Waals surface area contributed by atoms with Gasteiger partial charge in [-0.25, -0.2) is 0 Å². The van der Waals surface area contributed by atoms with E-state index in [0.29, 0.717) is 0 Å². The van der Waals surface area contributed by atoms with Crippen molar-refractivity contribution in [3.8, 4) is 5.75 Å². The minimum Gasteiger partial charge on any atom is -0.487 e. The molecule has 108 valence electrons. The molecule has 0 aliphatic carbocycles. The normalized spacial score (nSPS) is 22.5. The fraction of sp³-hybridized carbons (Fsp3) is 0.588. The summed E-state index contributed by atoms with van der Waals surface area (Å²) >= 11 is 0. The highest BCUT2D eigenvalue weighted by atomic mass is 16.5. The van der Waals surface area contributed by atoms with E-state index in [2.05, 4.69) is 34.6 Å². The number of carbonyl (C=O) groups excluding carboxylic acids is 1. The van der Waals surface area contributed by atoms with Gasteiger partial charge in [-0.15, -0.1) is 0 Å². The molecule has 3 nitrogen and oxygen atoms in total. The Morgan fingerprint density at radius 1 is 1.25 bits per heavy atom. The smallest absolute Gasteiger partial charge is 0.224 e. The van der Waals surface area contributed by atoms with Gasteiger partial charge in [-0.3, -0.25) is 4.79 Å². The molecule has 1 aromatic carbocycles. The second-order valence-corrected chi connectivity index (χ2v) is 6.87. The number of ether oxygens (including phenoxy) is 1. The molecule has 0 aromatic heterocycles. The van der Waals surface area contributed by atoms with Crippen molar-refractivity contribution in [3.05, 3.63) is 22.3 Å². The Morgan fingerprint density at radius 2 is 1.90 bits per heavy atom. The molecule has 20 heavy (non-hydrogen) atoms. The lowest BCUT2D eigenvalue weighted by Gasteiger charge is -2.23. The number of anilines is 1. The highest BCUT2D eigenvalue weighted by molar-refractivity contribution is 5.96. The van der Waals surface area contributed by atoms with Crippen molar-refractivity contribution in [1.82, 2.24) is 0 Å². The Kier molecular flexibility index (Phi) is 2.69. The van der Waals surface area contributed by atoms with E-state index in [1.807, 2.05) is 4.90 Å². The van der Waals surface area contributed by atoms with Gasteiger partial charge in [0.05, 0.1) is 5.69 Å². The topological polar surface area (TPSA) is 29.5 Å². The van der Waals surface area contributed by atoms with Crippen LogP contribution in [0.25, 0.3) is 0 Å². The molecule has 3 heteroatoms. The first-order valence-corrected chi connectivity index (χ1v) is 7.36. The fourth-order valence-electron chi connectivity index (χ4n) is 3.82. The molecule has 1 aromatic rings. The van der Waals surface area contributed by atoms with Crippen molar-refractivity contribution in [3.63, 3.8) is 0 Å². The lowest BCUT2D eigenvalue weighted by Crippen LogP contribution is -2.34. The Bertz CT molecular complexity index is 616. The van der Waals surface area contributed by atoms with Crippen LogP contribution in [0, 0.1) is 13.8 Å². The van der Waals surface area contributed by atoms with Crippen LogP contribution in [0.5, 0.6) is 5.75 Å². The van der Waals surface area contributed by atoms with Crippen molar-refractivity contribution in [2.75, 3.05) is 4.90 Å². The maximum atomic E-state index is 12.0. The molecule has 0 fully saturated rings. The van der Waals surface area contributed by atoms with Gasteiger partial charge in [0.25, 0.3) is 0 Å². The largest absolute Gasteiger partial charge is 0.487 e. The summed E-state index contributed by atoms with van der Waals surface area (Å²) in [5.74, 6) is 1.20. The van der Waals surface area contributed by atoms with Crippen LogP contribution in [0.1, 0.15) is 49.9 Å². The van der Waals surface area contributed by atoms with Crippen molar-refractivity contribution < 1.29 is 9.53 Å². The average Bonchev–Trinajstić information content (AvgIpc) is 2.83. The summed E-state index contributed by atoms with van der Waals surface area (Å²) in [7, 11) is 0. The van der Waals surface area contributed by atoms with Crippen LogP contribution in [-0.2, 0) is 17.6 Å². The lowest BCUT2D eigenvalue weighted by molar-refractivity contribution is -0.116. The third kappa shape index (κ3) is 1.68. The molecular formula is C17H23NO2. The van der Waals surface area contributed by atoms with E-state index in [9.17, 15) is 4.79 Å². The minimum absolute atomic E-state index is 0.136. The van der Waals surface area contributed by atoms with Crippen LogP contribution in [0.3, 0.4) is 0 Å². The van der Waals surface area contributed by atoms with Gasteiger partial charge in [-0.2, -0.15) is 0 Å². The zero-order chi connectivity index (χ0) is 14.8. The van der Waals surface area contributed by atoms with Crippen LogP contribution in [0.2, 0.25) is 0 Å². The molecule has 0 saturated carbocycles. The zero-order valence-electron chi connectivity index (χ0n) is 13.3. The predicted molar refractivity (Wildman–Crippen MR) is 80.7 cm³/mol. The molecule has 3 rings (SSSR count). The van der Waals surface area contributed by atoms with Gasteiger partial charge in [0.2, 0.25) is 5.91 Å². The van der Waals surface area contributed by atoms with Crippen molar-refractivity contribution in [2.24, 2.45) is 0 Å². The maximum absolute atomic E-state index is 12.0. The predicted octanol–water partition coefficient (Wildman–Crippen LogP) is 3.31. The highest BCUT2D eigenvalue weighted by Gasteiger charge is 2.39. The summed E-state index contributed by atoms with van der Waals surface area (Å²) in [6.45, 7) is 12.3. The molecule has 1 atom stereocenters. The number of rotatable bonds is 0. The van der Waals surface area contributed by atoms with Gasteiger partial charge in [-0.05, 0) is 57.7 Å². The Hall–Kier alpha value is -1.51. The van der Waals surface area contributed by atoms with Gasteiger partial charge >= 0.3 is 0 Å². The SMILES string of the molecule is CC(=O)N1c2c(C)c3c(c(C)c2CC1C)OC(C)(C)C3. The van der Waals surface area contributed by atoms with Gasteiger partial charge < -0.3 is 9.64 Å². The van der Waals surface area contributed by atoms with Crippen LogP contribution in [0.4, 0.5) is 5.69 Å². The molecule has 2 heterocycles. The van der Waals surface area contributed by atoms with E-state index in [0.717, 1.165) is 24.3 Å². The Labute approximate surface area is 120 Å². The zero-order valence-corrected chi connectivity index (χ0v) is 13.3. The summed E-state index contributed by atoms with van der Waals surface area (Å²) in [4.78, 5) is 14.0. The van der Waals surface area contributed by atoms with E-state index in [1.165, 1.54) is 22.3 Å². The van der Waals surface area contributed by atoms with Crippen molar-refractivity contribution in [1.29, 1.82) is 0 Å². The number of fused-ring (bicyclic) bond motifs is 2. The van der Waals surface area contributed by atoms with Crippen LogP contribution in [-0.4, -0.2) is 17.6 Å². The Morgan fingerprint density at radius 3 is 2.50 bits per heavy atom. The quantitative estimate of drug-likeness (QED) is 0.725. The summed E-state index contributed by atoms with van der Waals surface area (Å²) in [6.07, 6.45) is 1.85. The maximum Gasteiger partial charge on any atom is 0.224 e. The summed E-state index contributed by atoms with van der Waals surface area (Å²) in [6, 6.07) is 0.246. The number of hydrogen-bond donors (Lipinski definition) is 0. The van der Waals surface area contributed by atoms with Crippen molar-refractivity contribution in [2.45, 2.75) is 66.0 Å². The van der Waals surface area contributed by atoms with E-state index in [4.69, 9.17) is 4.74 Å². The molecule has 0 saturated heterocycles. The molecule has 0 bridgehead atoms. The first-order chi connectivity index (χ1) is 9.23. The van der Waals surface area contributed by atoms with Gasteiger partial charge in [0.15, 0.2) is 0 Å². The average molecular weight is 273 g/mol. The standard InChI is InChI=1S/C17H23NO2/c1-9-7-13-11(3)16-14(8-17(5,6)20-16)10(2)15(13)18(9)12(4)19/h9H,7-8H2,1-6H3. The molecular weight excluding hydrogens is 250 g/mol.